The predicted octanol–water partition coefficient (Wildman–Crippen LogP) is 2.34. The third kappa shape index (κ3) is 1.99. The van der Waals surface area contributed by atoms with Gasteiger partial charge in [-0.3, -0.25) is 4.79 Å². The van der Waals surface area contributed by atoms with E-state index >= 15 is 0 Å². The van der Waals surface area contributed by atoms with Crippen LogP contribution < -0.4 is 9.47 Å². The normalized spacial score (nSPS) is 34.2. The standard InChI is InChI=1S/C20H27NO4/c1-21-10-9-19-12-14(22)7-8-20(19,25-4)16(21)11-13-5-6-15(23-2)18(24-3)17(13)19/h5-6,16H,7-12H2,1-4H3/t16-,19-,20-/m1/s1. The molecule has 5 nitrogen and oxygen atoms in total. The van der Waals surface area contributed by atoms with E-state index in [0.29, 0.717) is 18.6 Å². The minimum absolute atomic E-state index is 0.282. The molecule has 0 N–H and O–H groups in total. The van der Waals surface area contributed by atoms with Crippen LogP contribution in [0.1, 0.15) is 36.8 Å². The lowest BCUT2D eigenvalue weighted by Gasteiger charge is -2.64. The Morgan fingerprint density at radius 3 is 2.64 bits per heavy atom. The van der Waals surface area contributed by atoms with Gasteiger partial charge in [-0.25, -0.2) is 0 Å². The summed E-state index contributed by atoms with van der Waals surface area (Å²) in [5.74, 6) is 1.84. The Labute approximate surface area is 149 Å². The van der Waals surface area contributed by atoms with Crippen molar-refractivity contribution in [2.75, 3.05) is 34.9 Å². The van der Waals surface area contributed by atoms with Crippen molar-refractivity contribution in [2.45, 2.75) is 49.2 Å². The Kier molecular flexibility index (Phi) is 3.85. The summed E-state index contributed by atoms with van der Waals surface area (Å²) in [6.45, 7) is 0.961. The second-order valence-corrected chi connectivity index (χ2v) is 7.68. The summed E-state index contributed by atoms with van der Waals surface area (Å²) < 4.78 is 17.7. The van der Waals surface area contributed by atoms with E-state index in [4.69, 9.17) is 14.2 Å². The summed E-state index contributed by atoms with van der Waals surface area (Å²) >= 11 is 0. The van der Waals surface area contributed by atoms with E-state index in [1.165, 1.54) is 5.56 Å². The van der Waals surface area contributed by atoms with Crippen LogP contribution in [0.4, 0.5) is 0 Å². The molecule has 1 saturated carbocycles. The molecule has 136 valence electrons. The van der Waals surface area contributed by atoms with Crippen molar-refractivity contribution < 1.29 is 19.0 Å². The van der Waals surface area contributed by atoms with E-state index in [1.54, 1.807) is 14.2 Å². The molecule has 5 heteroatoms. The lowest BCUT2D eigenvalue weighted by Crippen LogP contribution is -2.73. The number of methoxy groups -OCH3 is 3. The van der Waals surface area contributed by atoms with Crippen LogP contribution in [0.5, 0.6) is 11.5 Å². The van der Waals surface area contributed by atoms with Crippen molar-refractivity contribution in [3.8, 4) is 11.5 Å². The number of likely N-dealkylation sites (N-methyl/N-ethyl adjacent to an activating group) is 1. The molecule has 0 unspecified atom stereocenters. The van der Waals surface area contributed by atoms with Crippen LogP contribution in [-0.4, -0.2) is 57.2 Å². The van der Waals surface area contributed by atoms with E-state index in [-0.39, 0.29) is 17.1 Å². The van der Waals surface area contributed by atoms with Crippen molar-refractivity contribution in [3.63, 3.8) is 0 Å². The fourth-order valence-electron chi connectivity index (χ4n) is 5.85. The minimum Gasteiger partial charge on any atom is -0.493 e. The summed E-state index contributed by atoms with van der Waals surface area (Å²) in [5, 5.41) is 0. The average Bonchev–Trinajstić information content (AvgIpc) is 2.63. The summed E-state index contributed by atoms with van der Waals surface area (Å²) in [4.78, 5) is 15.0. The number of carbonyl (C=O) groups is 1. The lowest BCUT2D eigenvalue weighted by molar-refractivity contribution is -0.183. The van der Waals surface area contributed by atoms with Gasteiger partial charge in [0.05, 0.1) is 19.8 Å². The van der Waals surface area contributed by atoms with E-state index in [9.17, 15) is 4.79 Å². The van der Waals surface area contributed by atoms with Gasteiger partial charge < -0.3 is 19.1 Å². The maximum atomic E-state index is 12.6. The maximum Gasteiger partial charge on any atom is 0.164 e. The van der Waals surface area contributed by atoms with Crippen LogP contribution in [0.15, 0.2) is 12.1 Å². The third-order valence-corrected chi connectivity index (χ3v) is 6.93. The summed E-state index contributed by atoms with van der Waals surface area (Å²) in [6.07, 6.45) is 3.71. The summed E-state index contributed by atoms with van der Waals surface area (Å²) in [7, 11) is 7.35. The number of benzene rings is 1. The maximum absolute atomic E-state index is 12.6. The Bertz CT molecular complexity index is 718. The number of piperidine rings is 1. The molecule has 3 atom stereocenters. The molecule has 4 rings (SSSR count). The first-order chi connectivity index (χ1) is 12.0. The topological polar surface area (TPSA) is 48.0 Å². The number of rotatable bonds is 3. The molecule has 1 aliphatic heterocycles. The van der Waals surface area contributed by atoms with Gasteiger partial charge in [-0.05, 0) is 44.5 Å². The number of likely N-dealkylation sites (tertiary alicyclic amines) is 1. The SMILES string of the molecule is COc1ccc2c(c1OC)[C@]13CCN(C)[C@H](C2)[C@]1(OC)CCC(=O)C3. The smallest absolute Gasteiger partial charge is 0.164 e. The largest absolute Gasteiger partial charge is 0.493 e. The molecule has 0 amide bonds. The van der Waals surface area contributed by atoms with Gasteiger partial charge in [0.25, 0.3) is 0 Å². The number of fused-ring (bicyclic) bond motifs is 1. The Morgan fingerprint density at radius 1 is 1.16 bits per heavy atom. The molecule has 1 heterocycles. The molecule has 1 saturated heterocycles. The van der Waals surface area contributed by atoms with E-state index < -0.39 is 0 Å². The molecule has 1 aromatic carbocycles. The number of carbonyl (C=O) groups excluding carboxylic acids is 1. The highest BCUT2D eigenvalue weighted by Gasteiger charge is 2.66. The van der Waals surface area contributed by atoms with E-state index in [2.05, 4.69) is 18.0 Å². The molecular formula is C20H27NO4. The average molecular weight is 345 g/mol. The Morgan fingerprint density at radius 2 is 1.96 bits per heavy atom. The second-order valence-electron chi connectivity index (χ2n) is 7.68. The van der Waals surface area contributed by atoms with Crippen LogP contribution in [0.25, 0.3) is 0 Å². The number of nitrogens with zero attached hydrogens (tertiary/aromatic N) is 1. The molecular weight excluding hydrogens is 318 g/mol. The molecule has 0 aromatic heterocycles. The second kappa shape index (κ2) is 5.71. The van der Waals surface area contributed by atoms with Gasteiger partial charge in [0.2, 0.25) is 0 Å². The molecule has 3 aliphatic rings. The molecule has 2 bridgehead atoms. The molecule has 25 heavy (non-hydrogen) atoms. The van der Waals surface area contributed by atoms with Gasteiger partial charge in [0, 0.05) is 37.0 Å². The van der Waals surface area contributed by atoms with E-state index in [0.717, 1.165) is 42.9 Å². The van der Waals surface area contributed by atoms with Gasteiger partial charge in [0.1, 0.15) is 5.78 Å². The Hall–Kier alpha value is -1.59. The lowest BCUT2D eigenvalue weighted by atomic mass is 9.49. The number of Topliss-reactive ketones (excluding diaryl/α,β-unsaturated/α-hetero) is 1. The molecule has 0 spiro atoms. The van der Waals surface area contributed by atoms with Gasteiger partial charge in [-0.1, -0.05) is 6.07 Å². The molecule has 1 aromatic rings. The first kappa shape index (κ1) is 16.9. The number of ketones is 1. The van der Waals surface area contributed by atoms with Crippen molar-refractivity contribution in [2.24, 2.45) is 0 Å². The van der Waals surface area contributed by atoms with Crippen molar-refractivity contribution >= 4 is 5.78 Å². The van der Waals surface area contributed by atoms with Crippen LogP contribution in [0.2, 0.25) is 0 Å². The summed E-state index contributed by atoms with van der Waals surface area (Å²) in [6, 6.07) is 4.41. The van der Waals surface area contributed by atoms with Crippen LogP contribution in [-0.2, 0) is 21.4 Å². The minimum atomic E-state index is -0.347. The molecule has 2 aliphatic carbocycles. The zero-order valence-electron chi connectivity index (χ0n) is 15.6. The van der Waals surface area contributed by atoms with Gasteiger partial charge >= 0.3 is 0 Å². The zero-order valence-corrected chi connectivity index (χ0v) is 15.6. The first-order valence-corrected chi connectivity index (χ1v) is 9.04. The number of hydrogen-bond acceptors (Lipinski definition) is 5. The van der Waals surface area contributed by atoms with Crippen molar-refractivity contribution in [1.82, 2.24) is 4.90 Å². The quantitative estimate of drug-likeness (QED) is 0.842. The molecule has 2 fully saturated rings. The first-order valence-electron chi connectivity index (χ1n) is 9.04. The fourth-order valence-corrected chi connectivity index (χ4v) is 5.85. The third-order valence-electron chi connectivity index (χ3n) is 6.93. The van der Waals surface area contributed by atoms with Crippen LogP contribution in [0.3, 0.4) is 0 Å². The zero-order chi connectivity index (χ0) is 17.8. The molecule has 0 radical (unpaired) electrons. The number of hydrogen-bond donors (Lipinski definition) is 0. The highest BCUT2D eigenvalue weighted by Crippen LogP contribution is 2.61. The number of ether oxygens (including phenoxy) is 3. The van der Waals surface area contributed by atoms with Crippen molar-refractivity contribution in [3.05, 3.63) is 23.3 Å². The van der Waals surface area contributed by atoms with Crippen LogP contribution >= 0.6 is 0 Å². The van der Waals surface area contributed by atoms with E-state index in [1.807, 2.05) is 13.2 Å². The fraction of sp³-hybridized carbons (Fsp3) is 0.650. The van der Waals surface area contributed by atoms with Gasteiger partial charge in [-0.15, -0.1) is 0 Å². The highest BCUT2D eigenvalue weighted by molar-refractivity contribution is 5.83. The summed E-state index contributed by atoms with van der Waals surface area (Å²) in [5.41, 5.74) is 1.73. The van der Waals surface area contributed by atoms with Crippen molar-refractivity contribution in [1.29, 1.82) is 0 Å². The Balaban J connectivity index is 2.04. The van der Waals surface area contributed by atoms with Gasteiger partial charge in [-0.2, -0.15) is 0 Å². The van der Waals surface area contributed by atoms with Crippen LogP contribution in [0, 0.1) is 0 Å². The highest BCUT2D eigenvalue weighted by atomic mass is 16.5. The predicted molar refractivity (Wildman–Crippen MR) is 94.6 cm³/mol. The monoisotopic (exact) mass is 345 g/mol. The van der Waals surface area contributed by atoms with Gasteiger partial charge in [0.15, 0.2) is 11.5 Å².